The molecule has 2 aromatic carbocycles. The molecule has 0 unspecified atom stereocenters. The Hall–Kier alpha value is -3.02. The van der Waals surface area contributed by atoms with Crippen molar-refractivity contribution >= 4 is 22.4 Å². The molecule has 3 aromatic rings. The highest BCUT2D eigenvalue weighted by Gasteiger charge is 2.32. The van der Waals surface area contributed by atoms with Gasteiger partial charge in [-0.05, 0) is 31.4 Å². The predicted molar refractivity (Wildman–Crippen MR) is 96.6 cm³/mol. The summed E-state index contributed by atoms with van der Waals surface area (Å²) in [4.78, 5) is 22.1. The second-order valence-corrected chi connectivity index (χ2v) is 6.41. The molecule has 0 N–H and O–H groups in total. The molecule has 6 nitrogen and oxygen atoms in total. The zero-order valence-corrected chi connectivity index (χ0v) is 13.9. The molecule has 0 aliphatic heterocycles. The minimum atomic E-state index is -0.317. The lowest BCUT2D eigenvalue weighted by atomic mass is 10.1. The number of nitrogens with zero attached hydrogens (tertiary/aromatic N) is 4. The van der Waals surface area contributed by atoms with E-state index in [1.165, 1.54) is 0 Å². The van der Waals surface area contributed by atoms with Crippen molar-refractivity contribution in [2.24, 2.45) is 0 Å². The largest absolute Gasteiger partial charge is 0.348 e. The number of benzene rings is 2. The molecule has 25 heavy (non-hydrogen) atoms. The van der Waals surface area contributed by atoms with E-state index in [9.17, 15) is 10.1 Å². The second-order valence-electron chi connectivity index (χ2n) is 6.41. The first kappa shape index (κ1) is 15.5. The highest BCUT2D eigenvalue weighted by atomic mass is 16.6. The first-order valence-corrected chi connectivity index (χ1v) is 8.34. The summed E-state index contributed by atoms with van der Waals surface area (Å²) in [6, 6.07) is 13.3. The first-order chi connectivity index (χ1) is 12.1. The third-order valence-electron chi connectivity index (χ3n) is 4.63. The van der Waals surface area contributed by atoms with Crippen LogP contribution in [-0.4, -0.2) is 20.9 Å². The van der Waals surface area contributed by atoms with Crippen molar-refractivity contribution in [1.29, 1.82) is 0 Å². The molecule has 1 fully saturated rings. The summed E-state index contributed by atoms with van der Waals surface area (Å²) in [7, 11) is 0. The zero-order chi connectivity index (χ0) is 17.4. The number of rotatable bonds is 5. The van der Waals surface area contributed by atoms with Crippen molar-refractivity contribution < 1.29 is 4.92 Å². The lowest BCUT2D eigenvalue weighted by Gasteiger charge is -2.25. The monoisotopic (exact) mass is 334 g/mol. The van der Waals surface area contributed by atoms with E-state index in [0.717, 1.165) is 35.1 Å². The average molecular weight is 334 g/mol. The smallest absolute Gasteiger partial charge is 0.274 e. The highest BCUT2D eigenvalue weighted by molar-refractivity contribution is 5.91. The van der Waals surface area contributed by atoms with Gasteiger partial charge in [0.15, 0.2) is 0 Å². The number of para-hydroxylation sites is 2. The third-order valence-corrected chi connectivity index (χ3v) is 4.63. The molecule has 0 radical (unpaired) electrons. The van der Waals surface area contributed by atoms with Gasteiger partial charge in [-0.2, -0.15) is 0 Å². The van der Waals surface area contributed by atoms with Crippen LogP contribution in [-0.2, 0) is 6.54 Å². The maximum Gasteiger partial charge on any atom is 0.274 e. The third kappa shape index (κ3) is 2.91. The molecule has 0 bridgehead atoms. The van der Waals surface area contributed by atoms with Crippen LogP contribution in [0, 0.1) is 17.0 Å². The van der Waals surface area contributed by atoms with Crippen LogP contribution in [0.15, 0.2) is 48.8 Å². The summed E-state index contributed by atoms with van der Waals surface area (Å²) >= 11 is 0. The SMILES string of the molecule is Cc1cccc2c(N(Cc3ccccc3[N+](=O)[O-])C3CC3)ncnc12. The van der Waals surface area contributed by atoms with Crippen molar-refractivity contribution in [3.8, 4) is 0 Å². The van der Waals surface area contributed by atoms with Gasteiger partial charge in [-0.15, -0.1) is 0 Å². The molecule has 0 saturated heterocycles. The van der Waals surface area contributed by atoms with Gasteiger partial charge in [0.1, 0.15) is 12.1 Å². The van der Waals surface area contributed by atoms with E-state index in [1.807, 2.05) is 37.3 Å². The normalized spacial score (nSPS) is 13.8. The Morgan fingerprint density at radius 1 is 1.16 bits per heavy atom. The number of fused-ring (bicyclic) bond motifs is 1. The van der Waals surface area contributed by atoms with E-state index in [0.29, 0.717) is 18.2 Å². The molecule has 0 atom stereocenters. The molecular weight excluding hydrogens is 316 g/mol. The summed E-state index contributed by atoms with van der Waals surface area (Å²) in [5.41, 5.74) is 2.89. The summed E-state index contributed by atoms with van der Waals surface area (Å²) in [6.45, 7) is 2.50. The van der Waals surface area contributed by atoms with Crippen molar-refractivity contribution in [3.63, 3.8) is 0 Å². The Bertz CT molecular complexity index is 953. The Morgan fingerprint density at radius 2 is 1.96 bits per heavy atom. The van der Waals surface area contributed by atoms with E-state index >= 15 is 0 Å². The van der Waals surface area contributed by atoms with Crippen LogP contribution in [0.1, 0.15) is 24.0 Å². The van der Waals surface area contributed by atoms with Gasteiger partial charge in [0, 0.05) is 23.1 Å². The second kappa shape index (κ2) is 6.12. The van der Waals surface area contributed by atoms with Crippen molar-refractivity contribution in [3.05, 3.63) is 70.0 Å². The maximum absolute atomic E-state index is 11.3. The molecule has 0 spiro atoms. The minimum absolute atomic E-state index is 0.155. The number of hydrogen-bond donors (Lipinski definition) is 0. The molecule has 1 aliphatic carbocycles. The van der Waals surface area contributed by atoms with Gasteiger partial charge >= 0.3 is 0 Å². The Labute approximate surface area is 145 Å². The number of nitro groups is 1. The van der Waals surface area contributed by atoms with Gasteiger partial charge in [-0.3, -0.25) is 10.1 Å². The number of aromatic nitrogens is 2. The van der Waals surface area contributed by atoms with Gasteiger partial charge in [-0.1, -0.05) is 30.3 Å². The number of aryl methyl sites for hydroxylation is 1. The van der Waals surface area contributed by atoms with Gasteiger partial charge in [-0.25, -0.2) is 9.97 Å². The predicted octanol–water partition coefficient (Wildman–Crippen LogP) is 4.02. The average Bonchev–Trinajstić information content (AvgIpc) is 3.45. The Morgan fingerprint density at radius 3 is 2.72 bits per heavy atom. The highest BCUT2D eigenvalue weighted by Crippen LogP contribution is 2.36. The molecule has 6 heteroatoms. The number of anilines is 1. The van der Waals surface area contributed by atoms with E-state index < -0.39 is 0 Å². The summed E-state index contributed by atoms with van der Waals surface area (Å²) < 4.78 is 0. The van der Waals surface area contributed by atoms with Gasteiger partial charge in [0.25, 0.3) is 5.69 Å². The summed E-state index contributed by atoms with van der Waals surface area (Å²) in [6.07, 6.45) is 3.75. The molecule has 1 heterocycles. The lowest BCUT2D eigenvalue weighted by Crippen LogP contribution is -2.26. The maximum atomic E-state index is 11.3. The molecule has 4 rings (SSSR count). The zero-order valence-electron chi connectivity index (χ0n) is 13.9. The van der Waals surface area contributed by atoms with Crippen LogP contribution in [0.25, 0.3) is 10.9 Å². The van der Waals surface area contributed by atoms with Crippen molar-refractivity contribution in [2.45, 2.75) is 32.4 Å². The van der Waals surface area contributed by atoms with Crippen molar-refractivity contribution in [2.75, 3.05) is 4.90 Å². The van der Waals surface area contributed by atoms with Crippen molar-refractivity contribution in [1.82, 2.24) is 9.97 Å². The topological polar surface area (TPSA) is 72.2 Å². The van der Waals surface area contributed by atoms with Crippen LogP contribution in [0.5, 0.6) is 0 Å². The standard InChI is InChI=1S/C19H18N4O2/c1-13-5-4-7-16-18(13)20-12-21-19(16)22(15-9-10-15)11-14-6-2-3-8-17(14)23(24)25/h2-8,12,15H,9-11H2,1H3. The van der Waals surface area contributed by atoms with Crippen LogP contribution in [0.2, 0.25) is 0 Å². The number of hydrogen-bond acceptors (Lipinski definition) is 5. The first-order valence-electron chi connectivity index (χ1n) is 8.34. The molecule has 1 saturated carbocycles. The van der Waals surface area contributed by atoms with Crippen LogP contribution in [0.3, 0.4) is 0 Å². The lowest BCUT2D eigenvalue weighted by molar-refractivity contribution is -0.385. The fourth-order valence-corrected chi connectivity index (χ4v) is 3.22. The fraction of sp³-hybridized carbons (Fsp3) is 0.263. The van der Waals surface area contributed by atoms with Crippen LogP contribution >= 0.6 is 0 Å². The molecule has 1 aliphatic rings. The summed E-state index contributed by atoms with van der Waals surface area (Å²) in [5.74, 6) is 0.856. The molecule has 126 valence electrons. The number of nitro benzene ring substituents is 1. The summed E-state index contributed by atoms with van der Waals surface area (Å²) in [5, 5.41) is 12.3. The van der Waals surface area contributed by atoms with Crippen LogP contribution < -0.4 is 4.90 Å². The Kier molecular flexibility index (Phi) is 3.80. The molecular formula is C19H18N4O2. The van der Waals surface area contributed by atoms with E-state index in [2.05, 4.69) is 14.9 Å². The Balaban J connectivity index is 1.80. The minimum Gasteiger partial charge on any atom is -0.348 e. The fourth-order valence-electron chi connectivity index (χ4n) is 3.22. The van der Waals surface area contributed by atoms with E-state index in [-0.39, 0.29) is 10.6 Å². The van der Waals surface area contributed by atoms with Crippen LogP contribution in [0.4, 0.5) is 11.5 Å². The van der Waals surface area contributed by atoms with E-state index in [4.69, 9.17) is 0 Å². The van der Waals surface area contributed by atoms with Gasteiger partial charge in [0.2, 0.25) is 0 Å². The molecule has 1 aromatic heterocycles. The van der Waals surface area contributed by atoms with Gasteiger partial charge < -0.3 is 4.90 Å². The quantitative estimate of drug-likeness (QED) is 0.520. The van der Waals surface area contributed by atoms with Gasteiger partial charge in [0.05, 0.1) is 17.0 Å². The molecule has 0 amide bonds. The van der Waals surface area contributed by atoms with E-state index in [1.54, 1.807) is 18.5 Å².